The summed E-state index contributed by atoms with van der Waals surface area (Å²) in [5.41, 5.74) is 9.35. The van der Waals surface area contributed by atoms with Crippen molar-refractivity contribution in [2.24, 2.45) is 5.73 Å². The van der Waals surface area contributed by atoms with Crippen LogP contribution in [-0.4, -0.2) is 13.7 Å². The molecule has 2 rings (SSSR count). The highest BCUT2D eigenvalue weighted by Gasteiger charge is 2.04. The molecule has 0 radical (unpaired) electrons. The average molecular weight is 259 g/mol. The Hall–Kier alpha value is -1.71. The van der Waals surface area contributed by atoms with Crippen LogP contribution in [0.2, 0.25) is 0 Å². The summed E-state index contributed by atoms with van der Waals surface area (Å²) >= 11 is 0. The van der Waals surface area contributed by atoms with Crippen molar-refractivity contribution in [3.63, 3.8) is 0 Å². The van der Waals surface area contributed by atoms with Gasteiger partial charge in [-0.05, 0) is 35.2 Å². The number of hydrogen-bond donors (Lipinski definition) is 1. The number of methoxy groups -OCH3 is 1. The van der Waals surface area contributed by atoms with Gasteiger partial charge in [0.25, 0.3) is 0 Å². The Morgan fingerprint density at radius 2 is 1.74 bits per heavy atom. The summed E-state index contributed by atoms with van der Waals surface area (Å²) in [5, 5.41) is 0. The molecule has 0 aromatic heterocycles. The normalized spacial score (nSPS) is 10.7. The van der Waals surface area contributed by atoms with E-state index in [2.05, 4.69) is 12.1 Å². The first-order valence-corrected chi connectivity index (χ1v) is 6.31. The van der Waals surface area contributed by atoms with E-state index in [-0.39, 0.29) is 12.4 Å². The zero-order valence-electron chi connectivity index (χ0n) is 11.0. The van der Waals surface area contributed by atoms with Crippen molar-refractivity contribution < 1.29 is 9.13 Å². The Morgan fingerprint density at radius 3 is 2.37 bits per heavy atom. The Labute approximate surface area is 113 Å². The Morgan fingerprint density at radius 1 is 1.05 bits per heavy atom. The van der Waals surface area contributed by atoms with Gasteiger partial charge in [0.05, 0.1) is 6.61 Å². The monoisotopic (exact) mass is 259 g/mol. The van der Waals surface area contributed by atoms with E-state index in [0.29, 0.717) is 12.2 Å². The lowest BCUT2D eigenvalue weighted by Gasteiger charge is -2.07. The van der Waals surface area contributed by atoms with Gasteiger partial charge in [-0.25, -0.2) is 4.39 Å². The summed E-state index contributed by atoms with van der Waals surface area (Å²) in [7, 11) is 1.70. The summed E-state index contributed by atoms with van der Waals surface area (Å²) in [5.74, 6) is -0.247. The van der Waals surface area contributed by atoms with Gasteiger partial charge in [-0.15, -0.1) is 0 Å². The second kappa shape index (κ2) is 6.45. The molecule has 0 fully saturated rings. The van der Waals surface area contributed by atoms with Crippen LogP contribution in [0.3, 0.4) is 0 Å². The minimum atomic E-state index is -0.247. The van der Waals surface area contributed by atoms with Gasteiger partial charge in [-0.1, -0.05) is 30.3 Å². The molecule has 2 N–H and O–H groups in total. The zero-order chi connectivity index (χ0) is 13.7. The van der Waals surface area contributed by atoms with Crippen LogP contribution in [0.5, 0.6) is 0 Å². The van der Waals surface area contributed by atoms with Crippen molar-refractivity contribution >= 4 is 0 Å². The molecule has 0 spiro atoms. The predicted molar refractivity (Wildman–Crippen MR) is 75.3 cm³/mol. The van der Waals surface area contributed by atoms with Crippen LogP contribution < -0.4 is 5.73 Å². The van der Waals surface area contributed by atoms with Crippen LogP contribution >= 0.6 is 0 Å². The third kappa shape index (κ3) is 3.40. The fourth-order valence-corrected chi connectivity index (χ4v) is 1.99. The number of rotatable bonds is 5. The summed E-state index contributed by atoms with van der Waals surface area (Å²) in [4.78, 5) is 0. The van der Waals surface area contributed by atoms with Gasteiger partial charge in [0.15, 0.2) is 0 Å². The number of nitrogens with two attached hydrogens (primary N) is 1. The molecule has 2 aromatic rings. The van der Waals surface area contributed by atoms with Crippen molar-refractivity contribution in [1.82, 2.24) is 0 Å². The highest BCUT2D eigenvalue weighted by Crippen LogP contribution is 2.22. The second-order valence-corrected chi connectivity index (χ2v) is 4.45. The van der Waals surface area contributed by atoms with E-state index in [1.54, 1.807) is 19.2 Å². The summed E-state index contributed by atoms with van der Waals surface area (Å²) in [6.45, 7) is 0.929. The maximum Gasteiger partial charge on any atom is 0.127 e. The lowest BCUT2D eigenvalue weighted by molar-refractivity contribution is 0.202. The lowest BCUT2D eigenvalue weighted by atomic mass is 10.0. The highest BCUT2D eigenvalue weighted by molar-refractivity contribution is 5.64. The molecular weight excluding hydrogens is 241 g/mol. The molecule has 0 aliphatic heterocycles. The van der Waals surface area contributed by atoms with Gasteiger partial charge >= 0.3 is 0 Å². The molecule has 100 valence electrons. The summed E-state index contributed by atoms with van der Waals surface area (Å²) < 4.78 is 18.4. The van der Waals surface area contributed by atoms with Gasteiger partial charge < -0.3 is 10.5 Å². The predicted octanol–water partition coefficient (Wildman–Crippen LogP) is 3.14. The molecular formula is C16H18FNO. The van der Waals surface area contributed by atoms with Crippen LogP contribution in [0.15, 0.2) is 42.5 Å². The Kier molecular flexibility index (Phi) is 4.66. The largest absolute Gasteiger partial charge is 0.384 e. The molecule has 0 aliphatic rings. The van der Waals surface area contributed by atoms with Crippen LogP contribution in [0.25, 0.3) is 11.1 Å². The van der Waals surface area contributed by atoms with E-state index in [4.69, 9.17) is 10.5 Å². The number of ether oxygens (including phenoxy) is 1. The molecule has 2 aromatic carbocycles. The molecule has 0 saturated carbocycles. The van der Waals surface area contributed by atoms with Gasteiger partial charge in [-0.3, -0.25) is 0 Å². The standard InChI is InChI=1S/C16H18FNO/c1-19-9-8-12-2-4-13(5-3-12)14-6-7-16(17)15(10-14)11-18/h2-7,10H,8-9,11,18H2,1H3. The van der Waals surface area contributed by atoms with E-state index >= 15 is 0 Å². The minimum Gasteiger partial charge on any atom is -0.384 e. The molecule has 0 unspecified atom stereocenters. The molecule has 19 heavy (non-hydrogen) atoms. The third-order valence-electron chi connectivity index (χ3n) is 3.15. The molecule has 0 aliphatic carbocycles. The number of hydrogen-bond acceptors (Lipinski definition) is 2. The van der Waals surface area contributed by atoms with Crippen molar-refractivity contribution in [3.05, 3.63) is 59.4 Å². The SMILES string of the molecule is COCCc1ccc(-c2ccc(F)c(CN)c2)cc1. The number of benzene rings is 2. The van der Waals surface area contributed by atoms with E-state index in [0.717, 1.165) is 17.5 Å². The van der Waals surface area contributed by atoms with E-state index in [1.807, 2.05) is 12.1 Å². The van der Waals surface area contributed by atoms with Gasteiger partial charge in [0.2, 0.25) is 0 Å². The zero-order valence-corrected chi connectivity index (χ0v) is 11.0. The van der Waals surface area contributed by atoms with Crippen molar-refractivity contribution in [1.29, 1.82) is 0 Å². The first kappa shape index (κ1) is 13.7. The molecule has 0 atom stereocenters. The fraction of sp³-hybridized carbons (Fsp3) is 0.250. The van der Waals surface area contributed by atoms with Gasteiger partial charge in [0.1, 0.15) is 5.82 Å². The van der Waals surface area contributed by atoms with Crippen LogP contribution in [-0.2, 0) is 17.7 Å². The van der Waals surface area contributed by atoms with Crippen LogP contribution in [0.4, 0.5) is 4.39 Å². The maximum absolute atomic E-state index is 13.4. The van der Waals surface area contributed by atoms with E-state index in [1.165, 1.54) is 11.6 Å². The third-order valence-corrected chi connectivity index (χ3v) is 3.15. The maximum atomic E-state index is 13.4. The van der Waals surface area contributed by atoms with E-state index in [9.17, 15) is 4.39 Å². The highest BCUT2D eigenvalue weighted by atomic mass is 19.1. The molecule has 0 heterocycles. The lowest BCUT2D eigenvalue weighted by Crippen LogP contribution is -1.99. The van der Waals surface area contributed by atoms with Gasteiger partial charge in [-0.2, -0.15) is 0 Å². The topological polar surface area (TPSA) is 35.2 Å². The van der Waals surface area contributed by atoms with Crippen molar-refractivity contribution in [3.8, 4) is 11.1 Å². The molecule has 3 heteroatoms. The molecule has 0 bridgehead atoms. The fourth-order valence-electron chi connectivity index (χ4n) is 1.99. The smallest absolute Gasteiger partial charge is 0.127 e. The summed E-state index contributed by atoms with van der Waals surface area (Å²) in [6, 6.07) is 13.3. The van der Waals surface area contributed by atoms with Crippen molar-refractivity contribution in [2.75, 3.05) is 13.7 Å². The van der Waals surface area contributed by atoms with Crippen molar-refractivity contribution in [2.45, 2.75) is 13.0 Å². The number of halogens is 1. The Bertz CT molecular complexity index is 537. The molecule has 2 nitrogen and oxygen atoms in total. The quantitative estimate of drug-likeness (QED) is 0.895. The second-order valence-electron chi connectivity index (χ2n) is 4.45. The van der Waals surface area contributed by atoms with Crippen LogP contribution in [0, 0.1) is 5.82 Å². The van der Waals surface area contributed by atoms with Crippen LogP contribution in [0.1, 0.15) is 11.1 Å². The first-order chi connectivity index (χ1) is 9.24. The molecule has 0 amide bonds. The minimum absolute atomic E-state index is 0.214. The average Bonchev–Trinajstić information content (AvgIpc) is 2.46. The molecule has 0 saturated heterocycles. The van der Waals surface area contributed by atoms with E-state index < -0.39 is 0 Å². The Balaban J connectivity index is 2.22. The summed E-state index contributed by atoms with van der Waals surface area (Å²) in [6.07, 6.45) is 0.897. The van der Waals surface area contributed by atoms with Gasteiger partial charge in [0, 0.05) is 19.2 Å². The first-order valence-electron chi connectivity index (χ1n) is 6.31.